The summed E-state index contributed by atoms with van der Waals surface area (Å²) in [5, 5.41) is 3.43. The smallest absolute Gasteiger partial charge is 0.107 e. The molecule has 0 saturated heterocycles. The molecule has 0 N–H and O–H groups in total. The number of aromatic nitrogens is 1. The maximum Gasteiger partial charge on any atom is 0.107 e. The quantitative estimate of drug-likeness (QED) is 0.625. The highest BCUT2D eigenvalue weighted by Gasteiger charge is 2.37. The van der Waals surface area contributed by atoms with Gasteiger partial charge in [0.25, 0.3) is 0 Å². The summed E-state index contributed by atoms with van der Waals surface area (Å²) >= 11 is 0. The average molecular weight is 310 g/mol. The molecule has 0 aromatic carbocycles. The van der Waals surface area contributed by atoms with Crippen LogP contribution in [0.2, 0.25) is 36.3 Å². The standard InChI is InChI=1S/C17H35NSi2/c1-8-19(9-2,10-3)16-14-15-17(18(16)7)20(11-4,12-5)13-6/h14-15H,8-13H2,1-7H3. The molecule has 1 heterocycles. The highest BCUT2D eigenvalue weighted by Crippen LogP contribution is 2.23. The maximum atomic E-state index is 2.64. The zero-order chi connectivity index (χ0) is 15.4. The van der Waals surface area contributed by atoms with Crippen molar-refractivity contribution in [1.82, 2.24) is 4.57 Å². The van der Waals surface area contributed by atoms with E-state index in [4.69, 9.17) is 0 Å². The molecule has 0 bridgehead atoms. The highest BCUT2D eigenvalue weighted by atomic mass is 28.3. The lowest BCUT2D eigenvalue weighted by atomic mass is 10.7. The predicted molar refractivity (Wildman–Crippen MR) is 99.1 cm³/mol. The first kappa shape index (κ1) is 17.8. The fourth-order valence-corrected chi connectivity index (χ4v) is 12.0. The third kappa shape index (κ3) is 2.71. The molecule has 3 heteroatoms. The van der Waals surface area contributed by atoms with Crippen LogP contribution in [0.15, 0.2) is 12.1 Å². The van der Waals surface area contributed by atoms with Crippen molar-refractivity contribution in [1.29, 1.82) is 0 Å². The van der Waals surface area contributed by atoms with Crippen LogP contribution >= 0.6 is 0 Å². The van der Waals surface area contributed by atoms with E-state index in [0.29, 0.717) is 0 Å². The molecule has 0 aliphatic rings. The summed E-state index contributed by atoms with van der Waals surface area (Å²) in [4.78, 5) is 0. The first-order valence-corrected chi connectivity index (χ1v) is 13.9. The van der Waals surface area contributed by atoms with Crippen molar-refractivity contribution >= 4 is 26.8 Å². The minimum Gasteiger partial charge on any atom is -0.359 e. The molecule has 0 amide bonds. The van der Waals surface area contributed by atoms with Crippen molar-refractivity contribution < 1.29 is 0 Å². The van der Waals surface area contributed by atoms with Crippen LogP contribution in [0.3, 0.4) is 0 Å². The van der Waals surface area contributed by atoms with Crippen molar-refractivity contribution in [3.05, 3.63) is 12.1 Å². The van der Waals surface area contributed by atoms with Crippen LogP contribution in [0.1, 0.15) is 41.5 Å². The van der Waals surface area contributed by atoms with E-state index in [9.17, 15) is 0 Å². The van der Waals surface area contributed by atoms with E-state index in [1.54, 1.807) is 10.6 Å². The van der Waals surface area contributed by atoms with Crippen LogP contribution in [-0.2, 0) is 7.05 Å². The van der Waals surface area contributed by atoms with Crippen molar-refractivity contribution in [2.24, 2.45) is 7.05 Å². The van der Waals surface area contributed by atoms with Gasteiger partial charge < -0.3 is 4.57 Å². The fourth-order valence-electron chi connectivity index (χ4n) is 4.16. The van der Waals surface area contributed by atoms with Gasteiger partial charge in [-0.05, 0) is 12.1 Å². The second-order valence-corrected chi connectivity index (χ2v) is 16.7. The Balaban J connectivity index is 3.37. The largest absolute Gasteiger partial charge is 0.359 e. The maximum absolute atomic E-state index is 2.64. The van der Waals surface area contributed by atoms with Crippen LogP contribution < -0.4 is 10.6 Å². The van der Waals surface area contributed by atoms with E-state index < -0.39 is 16.1 Å². The van der Waals surface area contributed by atoms with Gasteiger partial charge in [-0.25, -0.2) is 0 Å². The van der Waals surface area contributed by atoms with Gasteiger partial charge >= 0.3 is 0 Å². The van der Waals surface area contributed by atoms with Crippen LogP contribution in [0, 0.1) is 0 Å². The van der Waals surface area contributed by atoms with Crippen molar-refractivity contribution in [2.45, 2.75) is 77.8 Å². The van der Waals surface area contributed by atoms with Gasteiger partial charge in [0.15, 0.2) is 0 Å². The number of hydrogen-bond acceptors (Lipinski definition) is 0. The molecule has 116 valence electrons. The minimum absolute atomic E-state index is 1.25. The normalized spacial score (nSPS) is 12.9. The zero-order valence-electron chi connectivity index (χ0n) is 14.8. The predicted octanol–water partition coefficient (Wildman–Crippen LogP) is 4.46. The Morgan fingerprint density at radius 1 is 0.650 bits per heavy atom. The summed E-state index contributed by atoms with van der Waals surface area (Å²) in [7, 11) is -0.141. The zero-order valence-corrected chi connectivity index (χ0v) is 16.8. The first-order chi connectivity index (χ1) is 9.50. The molecule has 1 rings (SSSR count). The molecule has 1 aromatic heterocycles. The monoisotopic (exact) mass is 309 g/mol. The highest BCUT2D eigenvalue weighted by molar-refractivity contribution is 6.93. The van der Waals surface area contributed by atoms with Crippen molar-refractivity contribution in [3.63, 3.8) is 0 Å². The van der Waals surface area contributed by atoms with Crippen LogP contribution in [0.4, 0.5) is 0 Å². The summed E-state index contributed by atoms with van der Waals surface area (Å²) in [6.07, 6.45) is 0. The Bertz CT molecular complexity index is 361. The molecule has 0 aliphatic heterocycles. The first-order valence-electron chi connectivity index (χ1n) is 8.67. The molecule has 0 fully saturated rings. The molecule has 0 aliphatic carbocycles. The lowest BCUT2D eigenvalue weighted by Crippen LogP contribution is -2.55. The topological polar surface area (TPSA) is 4.93 Å². The van der Waals surface area contributed by atoms with Crippen LogP contribution in [0.5, 0.6) is 0 Å². The molecule has 0 spiro atoms. The van der Waals surface area contributed by atoms with E-state index in [1.165, 1.54) is 36.3 Å². The Hall–Kier alpha value is -0.286. The van der Waals surface area contributed by atoms with Crippen LogP contribution in [-0.4, -0.2) is 20.7 Å². The molecule has 20 heavy (non-hydrogen) atoms. The Kier molecular flexibility index (Phi) is 6.33. The molecule has 0 radical (unpaired) electrons. The lowest BCUT2D eigenvalue weighted by molar-refractivity contribution is 0.957. The number of hydrogen-bond donors (Lipinski definition) is 0. The van der Waals surface area contributed by atoms with Crippen molar-refractivity contribution in [2.75, 3.05) is 0 Å². The summed E-state index contributed by atoms with van der Waals surface area (Å²) in [5.74, 6) is 0. The van der Waals surface area contributed by atoms with Crippen molar-refractivity contribution in [3.8, 4) is 0 Å². The summed E-state index contributed by atoms with van der Waals surface area (Å²) in [6.45, 7) is 14.5. The minimum atomic E-state index is -1.25. The van der Waals surface area contributed by atoms with Gasteiger partial charge in [-0.15, -0.1) is 0 Å². The SMILES string of the molecule is CC[Si](CC)(CC)c1ccc([Si](CC)(CC)CC)n1C. The van der Waals surface area contributed by atoms with Gasteiger partial charge in [0, 0.05) is 17.7 Å². The van der Waals surface area contributed by atoms with Gasteiger partial charge in [0.1, 0.15) is 16.1 Å². The molecule has 0 saturated carbocycles. The molecular formula is C17H35NSi2. The Morgan fingerprint density at radius 3 is 1.10 bits per heavy atom. The number of rotatable bonds is 8. The number of nitrogens with zero attached hydrogens (tertiary/aromatic N) is 1. The van der Waals surface area contributed by atoms with Gasteiger partial charge in [0.2, 0.25) is 0 Å². The molecule has 1 aromatic rings. The fraction of sp³-hybridized carbons (Fsp3) is 0.765. The molecule has 1 nitrogen and oxygen atoms in total. The van der Waals surface area contributed by atoms with Gasteiger partial charge in [-0.3, -0.25) is 0 Å². The summed E-state index contributed by atoms with van der Waals surface area (Å²) in [6, 6.07) is 13.3. The molecule has 0 atom stereocenters. The second kappa shape index (κ2) is 7.12. The van der Waals surface area contributed by atoms with Crippen LogP contribution in [0.25, 0.3) is 0 Å². The third-order valence-electron chi connectivity index (χ3n) is 6.27. The second-order valence-electron chi connectivity index (χ2n) is 6.34. The molecule has 0 unspecified atom stereocenters. The Morgan fingerprint density at radius 2 is 0.900 bits per heavy atom. The van der Waals surface area contributed by atoms with E-state index in [1.807, 2.05) is 0 Å². The summed E-state index contributed by atoms with van der Waals surface area (Å²) < 4.78 is 2.64. The van der Waals surface area contributed by atoms with E-state index in [-0.39, 0.29) is 0 Å². The van der Waals surface area contributed by atoms with E-state index in [2.05, 4.69) is 65.3 Å². The third-order valence-corrected chi connectivity index (χ3v) is 17.6. The lowest BCUT2D eigenvalue weighted by Gasteiger charge is -2.33. The van der Waals surface area contributed by atoms with E-state index >= 15 is 0 Å². The van der Waals surface area contributed by atoms with E-state index in [0.717, 1.165) is 0 Å². The Labute approximate surface area is 128 Å². The van der Waals surface area contributed by atoms with Gasteiger partial charge in [-0.1, -0.05) is 77.8 Å². The van der Waals surface area contributed by atoms with Gasteiger partial charge in [0.05, 0.1) is 0 Å². The average Bonchev–Trinajstić information content (AvgIpc) is 2.88. The summed E-state index contributed by atoms with van der Waals surface area (Å²) in [5.41, 5.74) is 0. The van der Waals surface area contributed by atoms with Gasteiger partial charge in [-0.2, -0.15) is 0 Å². The molecular weight excluding hydrogens is 274 g/mol.